The van der Waals surface area contributed by atoms with Crippen molar-refractivity contribution in [3.63, 3.8) is 0 Å². The van der Waals surface area contributed by atoms with E-state index in [2.05, 4.69) is 16.0 Å². The second kappa shape index (κ2) is 7.29. The average Bonchev–Trinajstić information content (AvgIpc) is 3.03. The predicted molar refractivity (Wildman–Crippen MR) is 95.2 cm³/mol. The van der Waals surface area contributed by atoms with E-state index in [-0.39, 0.29) is 11.9 Å². The minimum Gasteiger partial charge on any atom is -0.328 e. The van der Waals surface area contributed by atoms with Crippen molar-refractivity contribution in [1.29, 1.82) is 0 Å². The molecule has 2 atom stereocenters. The Morgan fingerprint density at radius 2 is 2.12 bits per heavy atom. The van der Waals surface area contributed by atoms with Gasteiger partial charge in [-0.3, -0.25) is 9.63 Å². The smallest absolute Gasteiger partial charge is 0.252 e. The van der Waals surface area contributed by atoms with Crippen LogP contribution in [-0.4, -0.2) is 41.1 Å². The molecule has 6 heteroatoms. The number of hydrogen-bond acceptors (Lipinski definition) is 5. The molecule has 0 bridgehead atoms. The van der Waals surface area contributed by atoms with Gasteiger partial charge in [-0.25, -0.2) is 15.0 Å². The van der Waals surface area contributed by atoms with Gasteiger partial charge in [-0.15, -0.1) is 0 Å². The van der Waals surface area contributed by atoms with Crippen LogP contribution in [0.2, 0.25) is 0 Å². The Kier molecular flexibility index (Phi) is 5.11. The van der Waals surface area contributed by atoms with Gasteiger partial charge in [0, 0.05) is 31.0 Å². The van der Waals surface area contributed by atoms with Gasteiger partial charge in [0.2, 0.25) is 0 Å². The summed E-state index contributed by atoms with van der Waals surface area (Å²) in [7, 11) is 3.16. The topological polar surface area (TPSA) is 81.3 Å². The predicted octanol–water partition coefficient (Wildman–Crippen LogP) is 2.20. The highest BCUT2D eigenvalue weighted by molar-refractivity contribution is 5.82. The van der Waals surface area contributed by atoms with Crippen LogP contribution >= 0.6 is 0 Å². The molecule has 0 saturated heterocycles. The van der Waals surface area contributed by atoms with Gasteiger partial charge >= 0.3 is 0 Å². The molecule has 3 rings (SSSR count). The fourth-order valence-corrected chi connectivity index (χ4v) is 3.67. The Labute approximate surface area is 148 Å². The molecule has 1 aliphatic carbocycles. The first kappa shape index (κ1) is 17.5. The van der Waals surface area contributed by atoms with Gasteiger partial charge in [-0.05, 0) is 43.4 Å². The molecule has 0 radical (unpaired) electrons. The number of benzene rings is 1. The summed E-state index contributed by atoms with van der Waals surface area (Å²) >= 11 is 0. The third kappa shape index (κ3) is 3.70. The summed E-state index contributed by atoms with van der Waals surface area (Å²) in [5.74, 6) is 0.672. The second-order valence-electron chi connectivity index (χ2n) is 6.72. The lowest BCUT2D eigenvalue weighted by Gasteiger charge is -2.31. The van der Waals surface area contributed by atoms with Crippen LogP contribution in [0.1, 0.15) is 24.8 Å². The van der Waals surface area contributed by atoms with Crippen LogP contribution in [0.15, 0.2) is 42.7 Å². The number of amides is 1. The molecule has 1 aromatic carbocycles. The molecule has 2 aromatic rings. The monoisotopic (exact) mass is 340 g/mol. The van der Waals surface area contributed by atoms with Gasteiger partial charge < -0.3 is 5.73 Å². The lowest BCUT2D eigenvalue weighted by Crippen LogP contribution is -2.42. The van der Waals surface area contributed by atoms with Crippen molar-refractivity contribution < 1.29 is 9.63 Å². The molecule has 1 heterocycles. The summed E-state index contributed by atoms with van der Waals surface area (Å²) in [6.07, 6.45) is 6.38. The van der Waals surface area contributed by atoms with Gasteiger partial charge in [0.1, 0.15) is 0 Å². The molecule has 132 valence electrons. The van der Waals surface area contributed by atoms with Crippen LogP contribution in [0.5, 0.6) is 0 Å². The molecule has 25 heavy (non-hydrogen) atoms. The SMILES string of the molecule is CON(C)C(=O)[C@@]1(Cc2cccc(-c3ncccn3)c2)CC[C@H](N)C1. The summed E-state index contributed by atoms with van der Waals surface area (Å²) in [4.78, 5) is 26.7. The van der Waals surface area contributed by atoms with E-state index in [9.17, 15) is 4.79 Å². The summed E-state index contributed by atoms with van der Waals surface area (Å²) in [5, 5.41) is 1.32. The van der Waals surface area contributed by atoms with Crippen molar-refractivity contribution in [1.82, 2.24) is 15.0 Å². The van der Waals surface area contributed by atoms with E-state index in [1.807, 2.05) is 18.2 Å². The number of rotatable bonds is 5. The van der Waals surface area contributed by atoms with Crippen LogP contribution in [0.4, 0.5) is 0 Å². The van der Waals surface area contributed by atoms with Crippen molar-refractivity contribution in [2.45, 2.75) is 31.7 Å². The third-order valence-corrected chi connectivity index (χ3v) is 4.95. The van der Waals surface area contributed by atoms with Crippen molar-refractivity contribution in [3.05, 3.63) is 48.3 Å². The van der Waals surface area contributed by atoms with Crippen molar-refractivity contribution in [2.75, 3.05) is 14.2 Å². The Balaban J connectivity index is 1.89. The maximum atomic E-state index is 12.9. The Hall–Kier alpha value is -2.31. The number of hydrogen-bond donors (Lipinski definition) is 1. The number of aromatic nitrogens is 2. The van der Waals surface area contributed by atoms with E-state index in [1.165, 1.54) is 12.2 Å². The molecule has 0 unspecified atom stereocenters. The maximum Gasteiger partial charge on any atom is 0.252 e. The molecule has 1 amide bonds. The zero-order valence-electron chi connectivity index (χ0n) is 14.7. The Morgan fingerprint density at radius 3 is 2.76 bits per heavy atom. The molecule has 1 aliphatic rings. The fraction of sp³-hybridized carbons (Fsp3) is 0.421. The largest absolute Gasteiger partial charge is 0.328 e. The second-order valence-corrected chi connectivity index (χ2v) is 6.72. The normalized spacial score (nSPS) is 22.8. The Bertz CT molecular complexity index is 737. The summed E-state index contributed by atoms with van der Waals surface area (Å²) in [5.41, 5.74) is 7.65. The van der Waals surface area contributed by atoms with E-state index in [0.717, 1.165) is 24.0 Å². The van der Waals surface area contributed by atoms with Crippen LogP contribution in [-0.2, 0) is 16.1 Å². The molecule has 2 N–H and O–H groups in total. The highest BCUT2D eigenvalue weighted by Gasteiger charge is 2.46. The number of nitrogens with zero attached hydrogens (tertiary/aromatic N) is 3. The van der Waals surface area contributed by atoms with Crippen LogP contribution < -0.4 is 5.73 Å². The maximum absolute atomic E-state index is 12.9. The third-order valence-electron chi connectivity index (χ3n) is 4.95. The molecule has 0 spiro atoms. The van der Waals surface area contributed by atoms with Crippen LogP contribution in [0, 0.1) is 5.41 Å². The average molecular weight is 340 g/mol. The lowest BCUT2D eigenvalue weighted by molar-refractivity contribution is -0.180. The zero-order valence-corrected chi connectivity index (χ0v) is 14.7. The first-order chi connectivity index (χ1) is 12.0. The van der Waals surface area contributed by atoms with E-state index in [1.54, 1.807) is 25.5 Å². The van der Waals surface area contributed by atoms with E-state index < -0.39 is 5.41 Å². The van der Waals surface area contributed by atoms with E-state index in [0.29, 0.717) is 18.7 Å². The fourth-order valence-electron chi connectivity index (χ4n) is 3.67. The minimum atomic E-state index is -0.514. The highest BCUT2D eigenvalue weighted by Crippen LogP contribution is 2.42. The molecular formula is C19H24N4O2. The highest BCUT2D eigenvalue weighted by atomic mass is 16.7. The Morgan fingerprint density at radius 1 is 1.36 bits per heavy atom. The number of nitrogens with two attached hydrogens (primary N) is 1. The number of carbonyl (C=O) groups excluding carboxylic acids is 1. The van der Waals surface area contributed by atoms with Crippen LogP contribution in [0.25, 0.3) is 11.4 Å². The number of hydroxylamine groups is 2. The van der Waals surface area contributed by atoms with Gasteiger partial charge in [0.25, 0.3) is 5.91 Å². The lowest BCUT2D eigenvalue weighted by atomic mass is 9.78. The molecule has 1 fully saturated rings. The molecule has 1 saturated carbocycles. The molecular weight excluding hydrogens is 316 g/mol. The summed E-state index contributed by atoms with van der Waals surface area (Å²) < 4.78 is 0. The number of carbonyl (C=O) groups is 1. The van der Waals surface area contributed by atoms with Gasteiger partial charge in [0.05, 0.1) is 12.5 Å². The van der Waals surface area contributed by atoms with Gasteiger partial charge in [0.15, 0.2) is 5.82 Å². The summed E-state index contributed by atoms with van der Waals surface area (Å²) in [6, 6.07) is 9.90. The quantitative estimate of drug-likeness (QED) is 0.844. The molecule has 0 aliphatic heterocycles. The first-order valence-corrected chi connectivity index (χ1v) is 8.48. The van der Waals surface area contributed by atoms with Gasteiger partial charge in [-0.1, -0.05) is 18.2 Å². The van der Waals surface area contributed by atoms with Crippen molar-refractivity contribution >= 4 is 5.91 Å². The summed E-state index contributed by atoms with van der Waals surface area (Å²) in [6.45, 7) is 0. The standard InChI is InChI=1S/C19H24N4O2/c1-23(25-2)18(24)19(8-7-16(20)13-19)12-14-5-3-6-15(11-14)17-21-9-4-10-22-17/h3-6,9-11,16H,7-8,12-13,20H2,1-2H3/t16-,19+/m0/s1. The van der Waals surface area contributed by atoms with Gasteiger partial charge in [-0.2, -0.15) is 0 Å². The zero-order chi connectivity index (χ0) is 17.9. The van der Waals surface area contributed by atoms with Crippen molar-refractivity contribution in [3.8, 4) is 11.4 Å². The first-order valence-electron chi connectivity index (χ1n) is 8.48. The minimum absolute atomic E-state index is 0.00989. The molecule has 1 aromatic heterocycles. The van der Waals surface area contributed by atoms with E-state index >= 15 is 0 Å². The van der Waals surface area contributed by atoms with Crippen molar-refractivity contribution in [2.24, 2.45) is 11.1 Å². The van der Waals surface area contributed by atoms with E-state index in [4.69, 9.17) is 10.6 Å². The van der Waals surface area contributed by atoms with Crippen LogP contribution in [0.3, 0.4) is 0 Å². The molecule has 6 nitrogen and oxygen atoms in total.